The first-order chi connectivity index (χ1) is 14.1. The minimum absolute atomic E-state index is 0.111. The van der Waals surface area contributed by atoms with E-state index in [1.807, 2.05) is 36.2 Å². The van der Waals surface area contributed by atoms with Crippen molar-refractivity contribution in [3.8, 4) is 11.1 Å². The summed E-state index contributed by atoms with van der Waals surface area (Å²) in [5.41, 5.74) is 2.87. The molecule has 1 saturated carbocycles. The first-order valence-corrected chi connectivity index (χ1v) is 10.7. The number of carbonyl (C=O) groups excluding carboxylic acids is 2. The van der Waals surface area contributed by atoms with E-state index in [2.05, 4.69) is 28.5 Å². The van der Waals surface area contributed by atoms with Crippen molar-refractivity contribution in [2.75, 3.05) is 19.6 Å². The van der Waals surface area contributed by atoms with Crippen LogP contribution in [0.1, 0.15) is 38.2 Å². The van der Waals surface area contributed by atoms with Crippen LogP contribution in [-0.2, 0) is 16.0 Å². The van der Waals surface area contributed by atoms with Crippen LogP contribution in [0, 0.1) is 11.3 Å². The maximum absolute atomic E-state index is 13.2. The monoisotopic (exact) mass is 391 g/mol. The third-order valence-electron chi connectivity index (χ3n) is 6.30. The Morgan fingerprint density at radius 2 is 1.90 bits per heavy atom. The Kier molecular flexibility index (Phi) is 5.65. The van der Waals surface area contributed by atoms with Crippen molar-refractivity contribution in [1.82, 2.24) is 15.2 Å². The van der Waals surface area contributed by atoms with E-state index in [1.54, 1.807) is 6.20 Å². The van der Waals surface area contributed by atoms with Crippen LogP contribution in [0.4, 0.5) is 0 Å². The third kappa shape index (κ3) is 4.19. The molecular formula is C24H29N3O2. The molecule has 0 bridgehead atoms. The number of piperidine rings is 1. The minimum Gasteiger partial charge on any atom is -0.356 e. The molecule has 1 N–H and O–H groups in total. The summed E-state index contributed by atoms with van der Waals surface area (Å²) in [5.74, 6) is 0.628. The molecule has 0 radical (unpaired) electrons. The van der Waals surface area contributed by atoms with Crippen molar-refractivity contribution in [3.63, 3.8) is 0 Å². The van der Waals surface area contributed by atoms with Gasteiger partial charge in [0.05, 0.1) is 5.41 Å². The molecular weight excluding hydrogens is 362 g/mol. The van der Waals surface area contributed by atoms with Crippen molar-refractivity contribution in [2.24, 2.45) is 11.3 Å². The normalized spacial score (nSPS) is 18.3. The smallest absolute Gasteiger partial charge is 0.226 e. The van der Waals surface area contributed by atoms with Gasteiger partial charge < -0.3 is 10.2 Å². The number of benzene rings is 1. The summed E-state index contributed by atoms with van der Waals surface area (Å²) in [6, 6.07) is 12.3. The summed E-state index contributed by atoms with van der Waals surface area (Å²) in [7, 11) is 0. The lowest BCUT2D eigenvalue weighted by atomic mass is 9.72. The lowest BCUT2D eigenvalue weighted by molar-refractivity contribution is -0.141. The number of pyridine rings is 1. The molecule has 5 heteroatoms. The molecule has 0 spiro atoms. The average Bonchev–Trinajstić information content (AvgIpc) is 3.60. The molecule has 2 amide bonds. The first kappa shape index (κ1) is 19.6. The van der Waals surface area contributed by atoms with Crippen LogP contribution >= 0.6 is 0 Å². The molecule has 1 aromatic carbocycles. The predicted molar refractivity (Wildman–Crippen MR) is 113 cm³/mol. The number of amides is 2. The van der Waals surface area contributed by atoms with Crippen molar-refractivity contribution in [2.45, 2.75) is 39.0 Å². The Hall–Kier alpha value is -2.69. The minimum atomic E-state index is -0.478. The maximum Gasteiger partial charge on any atom is 0.226 e. The molecule has 1 aliphatic carbocycles. The zero-order chi connectivity index (χ0) is 20.3. The van der Waals surface area contributed by atoms with Crippen molar-refractivity contribution >= 4 is 11.8 Å². The van der Waals surface area contributed by atoms with Crippen LogP contribution in [0.15, 0.2) is 48.8 Å². The Balaban J connectivity index is 1.59. The Bertz CT molecular complexity index is 869. The molecule has 5 nitrogen and oxygen atoms in total. The summed E-state index contributed by atoms with van der Waals surface area (Å²) >= 11 is 0. The Morgan fingerprint density at radius 1 is 1.14 bits per heavy atom. The van der Waals surface area contributed by atoms with Gasteiger partial charge in [-0.1, -0.05) is 30.3 Å². The van der Waals surface area contributed by atoms with Crippen LogP contribution in [0.25, 0.3) is 11.1 Å². The Morgan fingerprint density at radius 3 is 2.55 bits per heavy atom. The van der Waals surface area contributed by atoms with Gasteiger partial charge in [-0.25, -0.2) is 0 Å². The van der Waals surface area contributed by atoms with E-state index in [-0.39, 0.29) is 17.7 Å². The standard InChI is InChI=1S/C24H29N3O2/c1-2-26-23(29)24(11-14-27(15-12-24)22(28)18-9-10-18)16-19-6-3-4-8-21(19)20-7-5-13-25-17-20/h3-8,13,17-18H,2,9-12,14-16H2,1H3,(H,26,29). The van der Waals surface area contributed by atoms with Crippen molar-refractivity contribution < 1.29 is 9.59 Å². The van der Waals surface area contributed by atoms with Crippen molar-refractivity contribution in [1.29, 1.82) is 0 Å². The fraction of sp³-hybridized carbons (Fsp3) is 0.458. The number of nitrogens with zero attached hydrogens (tertiary/aromatic N) is 2. The van der Waals surface area contributed by atoms with Gasteiger partial charge in [-0.3, -0.25) is 14.6 Å². The van der Waals surface area contributed by atoms with Gasteiger partial charge in [0.1, 0.15) is 0 Å². The molecule has 2 aromatic rings. The molecule has 0 unspecified atom stereocenters. The van der Waals surface area contributed by atoms with Gasteiger partial charge in [-0.15, -0.1) is 0 Å². The summed E-state index contributed by atoms with van der Waals surface area (Å²) < 4.78 is 0. The highest BCUT2D eigenvalue weighted by molar-refractivity contribution is 5.85. The molecule has 4 rings (SSSR count). The second kappa shape index (κ2) is 8.36. The number of aromatic nitrogens is 1. The molecule has 2 fully saturated rings. The van der Waals surface area contributed by atoms with E-state index < -0.39 is 5.41 Å². The molecule has 152 valence electrons. The number of hydrogen-bond donors (Lipinski definition) is 1. The van der Waals surface area contributed by atoms with Gasteiger partial charge in [-0.2, -0.15) is 0 Å². The molecule has 29 heavy (non-hydrogen) atoms. The molecule has 2 aliphatic rings. The summed E-state index contributed by atoms with van der Waals surface area (Å²) in [6.07, 6.45) is 7.78. The lowest BCUT2D eigenvalue weighted by Crippen LogP contribution is -2.51. The van der Waals surface area contributed by atoms with Gasteiger partial charge in [0.25, 0.3) is 0 Å². The Labute approximate surface area is 172 Å². The van der Waals surface area contributed by atoms with Crippen LogP contribution in [0.5, 0.6) is 0 Å². The second-order valence-corrected chi connectivity index (χ2v) is 8.31. The topological polar surface area (TPSA) is 62.3 Å². The molecule has 1 aromatic heterocycles. The van der Waals surface area contributed by atoms with Crippen LogP contribution < -0.4 is 5.32 Å². The van der Waals surface area contributed by atoms with Gasteiger partial charge >= 0.3 is 0 Å². The van der Waals surface area contributed by atoms with Gasteiger partial charge in [-0.05, 0) is 56.2 Å². The quantitative estimate of drug-likeness (QED) is 0.820. The van der Waals surface area contributed by atoms with Crippen molar-refractivity contribution in [3.05, 3.63) is 54.4 Å². The zero-order valence-corrected chi connectivity index (χ0v) is 17.1. The first-order valence-electron chi connectivity index (χ1n) is 10.7. The fourth-order valence-electron chi connectivity index (χ4n) is 4.42. The molecule has 1 aliphatic heterocycles. The van der Waals surface area contributed by atoms with E-state index in [0.29, 0.717) is 38.9 Å². The number of carbonyl (C=O) groups is 2. The third-order valence-corrected chi connectivity index (χ3v) is 6.30. The SMILES string of the molecule is CCNC(=O)C1(Cc2ccccc2-c2cccnc2)CCN(C(=O)C2CC2)CC1. The molecule has 1 saturated heterocycles. The number of nitrogens with one attached hydrogen (secondary N) is 1. The van der Waals surface area contributed by atoms with E-state index in [9.17, 15) is 9.59 Å². The number of hydrogen-bond acceptors (Lipinski definition) is 3. The van der Waals surface area contributed by atoms with Crippen LogP contribution in [-0.4, -0.2) is 41.3 Å². The second-order valence-electron chi connectivity index (χ2n) is 8.31. The van der Waals surface area contributed by atoms with E-state index in [4.69, 9.17) is 0 Å². The summed E-state index contributed by atoms with van der Waals surface area (Å²) in [6.45, 7) is 3.92. The molecule has 2 heterocycles. The van der Waals surface area contributed by atoms with Crippen LogP contribution in [0.3, 0.4) is 0 Å². The zero-order valence-electron chi connectivity index (χ0n) is 17.1. The predicted octanol–water partition coefficient (Wildman–Crippen LogP) is 3.45. The highest BCUT2D eigenvalue weighted by Gasteiger charge is 2.44. The largest absolute Gasteiger partial charge is 0.356 e. The molecule has 0 atom stereocenters. The van der Waals surface area contributed by atoms with Gasteiger partial charge in [0.2, 0.25) is 11.8 Å². The van der Waals surface area contributed by atoms with Gasteiger partial charge in [0.15, 0.2) is 0 Å². The number of rotatable bonds is 6. The maximum atomic E-state index is 13.2. The fourth-order valence-corrected chi connectivity index (χ4v) is 4.42. The average molecular weight is 392 g/mol. The highest BCUT2D eigenvalue weighted by atomic mass is 16.2. The van der Waals surface area contributed by atoms with Gasteiger partial charge in [0, 0.05) is 43.5 Å². The summed E-state index contributed by atoms with van der Waals surface area (Å²) in [5, 5.41) is 3.06. The lowest BCUT2D eigenvalue weighted by Gasteiger charge is -2.41. The highest BCUT2D eigenvalue weighted by Crippen LogP contribution is 2.40. The number of likely N-dealkylation sites (tertiary alicyclic amines) is 1. The van der Waals surface area contributed by atoms with Crippen LogP contribution in [0.2, 0.25) is 0 Å². The van der Waals surface area contributed by atoms with E-state index >= 15 is 0 Å². The van der Waals surface area contributed by atoms with E-state index in [1.165, 1.54) is 0 Å². The summed E-state index contributed by atoms with van der Waals surface area (Å²) in [4.78, 5) is 31.9. The van der Waals surface area contributed by atoms with E-state index in [0.717, 1.165) is 29.5 Å².